The van der Waals surface area contributed by atoms with Crippen LogP contribution in [0, 0.1) is 20.2 Å². The molecule has 9 nitrogen and oxygen atoms in total. The fourth-order valence-corrected chi connectivity index (χ4v) is 1.13. The summed E-state index contributed by atoms with van der Waals surface area (Å²) < 4.78 is 0. The van der Waals surface area contributed by atoms with E-state index in [4.69, 9.17) is 5.73 Å². The van der Waals surface area contributed by atoms with Crippen molar-refractivity contribution in [2.45, 2.75) is 0 Å². The third-order valence-electron chi connectivity index (χ3n) is 1.80. The zero-order chi connectivity index (χ0) is 13.7. The Balaban J connectivity index is 3.12. The van der Waals surface area contributed by atoms with Crippen molar-refractivity contribution in [3.8, 4) is 0 Å². The molecule has 0 saturated carbocycles. The molecule has 0 saturated heterocycles. The number of non-ortho nitro benzene ring substituents is 1. The number of nitro groups is 2. The summed E-state index contributed by atoms with van der Waals surface area (Å²) in [5.74, 6) is 0. The number of hydrogen-bond acceptors (Lipinski definition) is 6. The van der Waals surface area contributed by atoms with Crippen molar-refractivity contribution in [3.63, 3.8) is 0 Å². The number of nitrogens with zero attached hydrogens (tertiary/aromatic N) is 3. The van der Waals surface area contributed by atoms with Crippen molar-refractivity contribution in [2.75, 3.05) is 0 Å². The van der Waals surface area contributed by atoms with Gasteiger partial charge in [-0.05, 0) is 18.3 Å². The lowest BCUT2D eigenvalue weighted by Crippen LogP contribution is -2.24. The predicted molar refractivity (Wildman–Crippen MR) is 67.3 cm³/mol. The van der Waals surface area contributed by atoms with Gasteiger partial charge in [-0.2, -0.15) is 5.10 Å². The highest BCUT2D eigenvalue weighted by molar-refractivity contribution is 7.80. The molecule has 0 aliphatic rings. The number of hydrazone groups is 1. The average Bonchev–Trinajstić information content (AvgIpc) is 2.28. The molecule has 0 amide bonds. The van der Waals surface area contributed by atoms with Crippen molar-refractivity contribution in [2.24, 2.45) is 10.8 Å². The fourth-order valence-electron chi connectivity index (χ4n) is 1.08. The van der Waals surface area contributed by atoms with Crippen molar-refractivity contribution >= 4 is 34.9 Å². The van der Waals surface area contributed by atoms with Gasteiger partial charge in [0, 0.05) is 6.07 Å². The lowest BCUT2D eigenvalue weighted by molar-refractivity contribution is -0.394. The van der Waals surface area contributed by atoms with E-state index in [0.717, 1.165) is 18.3 Å². The first-order chi connectivity index (χ1) is 8.41. The molecule has 3 N–H and O–H groups in total. The maximum atomic E-state index is 10.7. The summed E-state index contributed by atoms with van der Waals surface area (Å²) in [7, 11) is 0. The molecule has 1 rings (SSSR count). The summed E-state index contributed by atoms with van der Waals surface area (Å²) >= 11 is 4.48. The minimum Gasteiger partial charge on any atom is -0.375 e. The summed E-state index contributed by atoms with van der Waals surface area (Å²) in [4.78, 5) is 19.8. The molecule has 10 heteroatoms. The Bertz CT molecular complexity index is 544. The second kappa shape index (κ2) is 5.63. The number of rotatable bonds is 4. The van der Waals surface area contributed by atoms with Gasteiger partial charge in [0.25, 0.3) is 11.4 Å². The number of thiocarbonyl (C=S) groups is 1. The molecule has 0 aromatic heterocycles. The summed E-state index contributed by atoms with van der Waals surface area (Å²) in [6.07, 6.45) is 1.10. The van der Waals surface area contributed by atoms with Crippen LogP contribution in [0.2, 0.25) is 0 Å². The van der Waals surface area contributed by atoms with Gasteiger partial charge in [0.1, 0.15) is 0 Å². The SMILES string of the molecule is NC(=S)N/N=C\c1ccc([N+](=O)[O-])cc1[N+](=O)[O-]. The van der Waals surface area contributed by atoms with Gasteiger partial charge in [0.05, 0.1) is 27.7 Å². The highest BCUT2D eigenvalue weighted by atomic mass is 32.1. The first-order valence-electron chi connectivity index (χ1n) is 4.43. The molecule has 0 atom stereocenters. The van der Waals surface area contributed by atoms with Gasteiger partial charge in [-0.1, -0.05) is 0 Å². The first-order valence-corrected chi connectivity index (χ1v) is 4.84. The van der Waals surface area contributed by atoms with E-state index in [1.165, 1.54) is 6.07 Å². The van der Waals surface area contributed by atoms with Crippen LogP contribution in [-0.4, -0.2) is 21.2 Å². The molecule has 0 radical (unpaired) electrons. The van der Waals surface area contributed by atoms with Crippen molar-refractivity contribution in [1.29, 1.82) is 0 Å². The van der Waals surface area contributed by atoms with E-state index >= 15 is 0 Å². The van der Waals surface area contributed by atoms with Gasteiger partial charge >= 0.3 is 0 Å². The van der Waals surface area contributed by atoms with Crippen LogP contribution in [-0.2, 0) is 0 Å². The number of benzene rings is 1. The van der Waals surface area contributed by atoms with Crippen molar-refractivity contribution < 1.29 is 9.85 Å². The van der Waals surface area contributed by atoms with Crippen LogP contribution in [0.4, 0.5) is 11.4 Å². The summed E-state index contributed by atoms with van der Waals surface area (Å²) in [6, 6.07) is 3.19. The van der Waals surface area contributed by atoms with E-state index in [9.17, 15) is 20.2 Å². The molecule has 94 valence electrons. The Labute approximate surface area is 106 Å². The average molecular weight is 269 g/mol. The van der Waals surface area contributed by atoms with Crippen LogP contribution < -0.4 is 11.2 Å². The largest absolute Gasteiger partial charge is 0.375 e. The zero-order valence-corrected chi connectivity index (χ0v) is 9.59. The number of nitro benzene ring substituents is 2. The van der Waals surface area contributed by atoms with E-state index in [-0.39, 0.29) is 16.4 Å². The standard InChI is InChI=1S/C8H7N5O4S/c9-8(18)11-10-4-5-1-2-6(12(14)15)3-7(5)13(16)17/h1-4H,(H3,9,11,18)/b10-4-. The van der Waals surface area contributed by atoms with E-state index < -0.39 is 15.5 Å². The molecule has 1 aromatic rings. The molecular weight excluding hydrogens is 262 g/mol. The number of nitrogens with one attached hydrogen (secondary N) is 1. The van der Waals surface area contributed by atoms with Gasteiger partial charge in [-0.15, -0.1) is 0 Å². The predicted octanol–water partition coefficient (Wildman–Crippen LogP) is 0.670. The molecule has 0 spiro atoms. The summed E-state index contributed by atoms with van der Waals surface area (Å²) in [5.41, 5.74) is 6.61. The number of nitrogens with two attached hydrogens (primary N) is 1. The smallest absolute Gasteiger partial charge is 0.285 e. The highest BCUT2D eigenvalue weighted by Gasteiger charge is 2.18. The van der Waals surface area contributed by atoms with Gasteiger partial charge in [0.15, 0.2) is 5.11 Å². The normalized spacial score (nSPS) is 10.2. The van der Waals surface area contributed by atoms with Gasteiger partial charge in [-0.25, -0.2) is 0 Å². The van der Waals surface area contributed by atoms with Crippen molar-refractivity contribution in [1.82, 2.24) is 5.43 Å². The Kier molecular flexibility index (Phi) is 4.21. The van der Waals surface area contributed by atoms with E-state index in [1.54, 1.807) is 0 Å². The van der Waals surface area contributed by atoms with Crippen LogP contribution >= 0.6 is 12.2 Å². The topological polar surface area (TPSA) is 137 Å². The first kappa shape index (κ1) is 13.4. The lowest BCUT2D eigenvalue weighted by atomic mass is 10.2. The quantitative estimate of drug-likeness (QED) is 0.354. The monoisotopic (exact) mass is 269 g/mol. The van der Waals surface area contributed by atoms with Crippen LogP contribution in [0.3, 0.4) is 0 Å². The minimum atomic E-state index is -0.741. The van der Waals surface area contributed by atoms with Gasteiger partial charge in [-0.3, -0.25) is 25.7 Å². The minimum absolute atomic E-state index is 0.0920. The molecule has 0 aliphatic carbocycles. The van der Waals surface area contributed by atoms with E-state index in [2.05, 4.69) is 22.7 Å². The third-order valence-corrected chi connectivity index (χ3v) is 1.89. The highest BCUT2D eigenvalue weighted by Crippen LogP contribution is 2.23. The molecule has 0 unspecified atom stereocenters. The van der Waals surface area contributed by atoms with Crippen molar-refractivity contribution in [3.05, 3.63) is 44.0 Å². The molecule has 0 fully saturated rings. The molecule has 1 aromatic carbocycles. The Hall–Kier alpha value is -2.62. The van der Waals surface area contributed by atoms with Crippen LogP contribution in [0.1, 0.15) is 5.56 Å². The number of hydrogen-bond donors (Lipinski definition) is 2. The van der Waals surface area contributed by atoms with Gasteiger partial charge in [0.2, 0.25) is 0 Å². The molecule has 0 bridgehead atoms. The molecule has 0 aliphatic heterocycles. The fraction of sp³-hybridized carbons (Fsp3) is 0. The summed E-state index contributed by atoms with van der Waals surface area (Å²) in [5, 5.41) is 24.7. The third kappa shape index (κ3) is 3.45. The molecular formula is C8H7N5O4S. The maximum absolute atomic E-state index is 10.7. The molecule has 18 heavy (non-hydrogen) atoms. The second-order valence-electron chi connectivity index (χ2n) is 2.99. The second-order valence-corrected chi connectivity index (χ2v) is 3.43. The van der Waals surface area contributed by atoms with Crippen LogP contribution in [0.25, 0.3) is 0 Å². The van der Waals surface area contributed by atoms with Crippen LogP contribution in [0.5, 0.6) is 0 Å². The lowest BCUT2D eigenvalue weighted by Gasteiger charge is -1.98. The summed E-state index contributed by atoms with van der Waals surface area (Å²) in [6.45, 7) is 0. The molecule has 0 heterocycles. The van der Waals surface area contributed by atoms with Gasteiger partial charge < -0.3 is 5.73 Å². The zero-order valence-electron chi connectivity index (χ0n) is 8.77. The maximum Gasteiger partial charge on any atom is 0.285 e. The Morgan fingerprint density at radius 1 is 1.39 bits per heavy atom. The van der Waals surface area contributed by atoms with Crippen LogP contribution in [0.15, 0.2) is 23.3 Å². The Morgan fingerprint density at radius 3 is 2.56 bits per heavy atom. The van der Waals surface area contributed by atoms with E-state index in [1.807, 2.05) is 0 Å². The Morgan fingerprint density at radius 2 is 2.06 bits per heavy atom. The van der Waals surface area contributed by atoms with E-state index in [0.29, 0.717) is 0 Å².